The zero-order valence-corrected chi connectivity index (χ0v) is 15.8. The van der Waals surface area contributed by atoms with Crippen molar-refractivity contribution in [1.82, 2.24) is 14.9 Å². The molecule has 0 radical (unpaired) electrons. The SMILES string of the molecule is Cc1nc(C)c(C#N)c(SCC(=O)N(C(C)C)C2CCCCC2)n1. The van der Waals surface area contributed by atoms with E-state index >= 15 is 0 Å². The molecule has 0 N–H and O–H groups in total. The number of thioether (sulfide) groups is 1. The van der Waals surface area contributed by atoms with Crippen molar-refractivity contribution in [2.75, 3.05) is 5.75 Å². The highest BCUT2D eigenvalue weighted by Crippen LogP contribution is 2.27. The second-order valence-electron chi connectivity index (χ2n) is 6.62. The van der Waals surface area contributed by atoms with Crippen LogP contribution in [0, 0.1) is 25.2 Å². The van der Waals surface area contributed by atoms with Crippen molar-refractivity contribution in [1.29, 1.82) is 5.26 Å². The van der Waals surface area contributed by atoms with Crippen LogP contribution >= 0.6 is 11.8 Å². The Morgan fingerprint density at radius 1 is 1.29 bits per heavy atom. The van der Waals surface area contributed by atoms with Crippen molar-refractivity contribution in [2.45, 2.75) is 76.9 Å². The third-order valence-electron chi connectivity index (χ3n) is 4.43. The molecule has 1 amide bonds. The van der Waals surface area contributed by atoms with E-state index in [2.05, 4.69) is 29.9 Å². The van der Waals surface area contributed by atoms with Crippen LogP contribution in [0.4, 0.5) is 0 Å². The highest BCUT2D eigenvalue weighted by Gasteiger charge is 2.27. The van der Waals surface area contributed by atoms with Crippen LogP contribution in [0.2, 0.25) is 0 Å². The number of hydrogen-bond donors (Lipinski definition) is 0. The van der Waals surface area contributed by atoms with E-state index < -0.39 is 0 Å². The second kappa shape index (κ2) is 8.48. The molecule has 5 nitrogen and oxygen atoms in total. The van der Waals surface area contributed by atoms with Gasteiger partial charge in [-0.05, 0) is 40.5 Å². The van der Waals surface area contributed by atoms with Crippen LogP contribution in [0.1, 0.15) is 63.0 Å². The molecule has 1 fully saturated rings. The standard InChI is InChI=1S/C18H26N4OS/c1-12(2)22(15-8-6-5-7-9-15)17(23)11-24-18-16(10-19)13(3)20-14(4)21-18/h12,15H,5-9,11H2,1-4H3. The maximum absolute atomic E-state index is 12.8. The molecule has 0 unspecified atom stereocenters. The fourth-order valence-electron chi connectivity index (χ4n) is 3.39. The van der Waals surface area contributed by atoms with Gasteiger partial charge in [0.25, 0.3) is 0 Å². The van der Waals surface area contributed by atoms with E-state index in [1.54, 1.807) is 0 Å². The van der Waals surface area contributed by atoms with Gasteiger partial charge in [-0.25, -0.2) is 9.97 Å². The highest BCUT2D eigenvalue weighted by molar-refractivity contribution is 8.00. The number of carbonyl (C=O) groups is 1. The summed E-state index contributed by atoms with van der Waals surface area (Å²) in [7, 11) is 0. The van der Waals surface area contributed by atoms with E-state index in [0.717, 1.165) is 12.8 Å². The van der Waals surface area contributed by atoms with Crippen LogP contribution in [-0.2, 0) is 4.79 Å². The third kappa shape index (κ3) is 4.47. The predicted octanol–water partition coefficient (Wildman–Crippen LogP) is 3.63. The number of nitriles is 1. The Kier molecular flexibility index (Phi) is 6.61. The molecule has 1 heterocycles. The van der Waals surface area contributed by atoms with Gasteiger partial charge in [-0.15, -0.1) is 0 Å². The fraction of sp³-hybridized carbons (Fsp3) is 0.667. The molecule has 130 valence electrons. The monoisotopic (exact) mass is 346 g/mol. The fourth-order valence-corrected chi connectivity index (χ4v) is 4.34. The lowest BCUT2D eigenvalue weighted by molar-refractivity contribution is -0.133. The molecule has 0 spiro atoms. The topological polar surface area (TPSA) is 69.9 Å². The van der Waals surface area contributed by atoms with Crippen molar-refractivity contribution in [2.24, 2.45) is 0 Å². The molecular weight excluding hydrogens is 320 g/mol. The zero-order chi connectivity index (χ0) is 17.7. The Hall–Kier alpha value is -1.61. The first-order chi connectivity index (χ1) is 11.4. The number of aromatic nitrogens is 2. The van der Waals surface area contributed by atoms with E-state index in [0.29, 0.717) is 33.9 Å². The third-order valence-corrected chi connectivity index (χ3v) is 5.39. The van der Waals surface area contributed by atoms with E-state index in [9.17, 15) is 10.1 Å². The Bertz CT molecular complexity index is 633. The molecule has 1 saturated carbocycles. The van der Waals surface area contributed by atoms with Gasteiger partial charge in [0, 0.05) is 12.1 Å². The number of aryl methyl sites for hydroxylation is 2. The number of rotatable bonds is 5. The maximum atomic E-state index is 12.8. The highest BCUT2D eigenvalue weighted by atomic mass is 32.2. The lowest BCUT2D eigenvalue weighted by Crippen LogP contribution is -2.46. The Labute approximate surface area is 148 Å². The molecular formula is C18H26N4OS. The molecule has 1 aliphatic carbocycles. The van der Waals surface area contributed by atoms with Crippen molar-refractivity contribution in [3.05, 3.63) is 17.1 Å². The Balaban J connectivity index is 2.10. The van der Waals surface area contributed by atoms with Gasteiger partial charge in [0.05, 0.1) is 11.4 Å². The summed E-state index contributed by atoms with van der Waals surface area (Å²) < 4.78 is 0. The molecule has 1 aromatic rings. The summed E-state index contributed by atoms with van der Waals surface area (Å²) in [5, 5.41) is 9.93. The summed E-state index contributed by atoms with van der Waals surface area (Å²) in [6.07, 6.45) is 5.89. The predicted molar refractivity (Wildman–Crippen MR) is 95.8 cm³/mol. The minimum Gasteiger partial charge on any atom is -0.337 e. The Morgan fingerprint density at radius 2 is 1.96 bits per heavy atom. The molecule has 24 heavy (non-hydrogen) atoms. The van der Waals surface area contributed by atoms with Crippen LogP contribution in [-0.4, -0.2) is 38.6 Å². The van der Waals surface area contributed by atoms with Gasteiger partial charge < -0.3 is 4.90 Å². The van der Waals surface area contributed by atoms with Crippen molar-refractivity contribution in [3.8, 4) is 6.07 Å². The normalized spacial score (nSPS) is 15.3. The summed E-state index contributed by atoms with van der Waals surface area (Å²) in [6.45, 7) is 7.78. The summed E-state index contributed by atoms with van der Waals surface area (Å²) >= 11 is 1.35. The van der Waals surface area contributed by atoms with Crippen molar-refractivity contribution < 1.29 is 4.79 Å². The molecule has 0 aliphatic heterocycles. The van der Waals surface area contributed by atoms with Crippen molar-refractivity contribution >= 4 is 17.7 Å². The summed E-state index contributed by atoms with van der Waals surface area (Å²) in [5.74, 6) is 1.09. The summed E-state index contributed by atoms with van der Waals surface area (Å²) in [6, 6.07) is 2.72. The first kappa shape index (κ1) is 18.7. The summed E-state index contributed by atoms with van der Waals surface area (Å²) in [4.78, 5) is 23.4. The molecule has 0 saturated heterocycles. The zero-order valence-electron chi connectivity index (χ0n) is 15.0. The lowest BCUT2D eigenvalue weighted by Gasteiger charge is -2.37. The lowest BCUT2D eigenvalue weighted by atomic mass is 9.93. The molecule has 0 bridgehead atoms. The molecule has 1 aliphatic rings. The minimum atomic E-state index is 0.139. The smallest absolute Gasteiger partial charge is 0.233 e. The number of carbonyl (C=O) groups excluding carboxylic acids is 1. The van der Waals surface area contributed by atoms with E-state index in [4.69, 9.17) is 0 Å². The molecule has 0 aromatic carbocycles. The molecule has 2 rings (SSSR count). The van der Waals surface area contributed by atoms with Crippen LogP contribution < -0.4 is 0 Å². The van der Waals surface area contributed by atoms with Crippen LogP contribution in [0.5, 0.6) is 0 Å². The van der Waals surface area contributed by atoms with Gasteiger partial charge in [0.2, 0.25) is 5.91 Å². The van der Waals surface area contributed by atoms with E-state index in [1.165, 1.54) is 31.0 Å². The molecule has 6 heteroatoms. The first-order valence-corrected chi connectivity index (χ1v) is 9.62. The van der Waals surface area contributed by atoms with Gasteiger partial charge in [-0.2, -0.15) is 5.26 Å². The largest absolute Gasteiger partial charge is 0.337 e. The second-order valence-corrected chi connectivity index (χ2v) is 7.59. The number of hydrogen-bond acceptors (Lipinski definition) is 5. The molecule has 0 atom stereocenters. The maximum Gasteiger partial charge on any atom is 0.233 e. The molecule has 1 aromatic heterocycles. The van der Waals surface area contributed by atoms with Crippen molar-refractivity contribution in [3.63, 3.8) is 0 Å². The van der Waals surface area contributed by atoms with Crippen LogP contribution in [0.25, 0.3) is 0 Å². The quantitative estimate of drug-likeness (QED) is 0.601. The Morgan fingerprint density at radius 3 is 2.54 bits per heavy atom. The van der Waals surface area contributed by atoms with Gasteiger partial charge >= 0.3 is 0 Å². The summed E-state index contributed by atoms with van der Waals surface area (Å²) in [5.41, 5.74) is 1.15. The van der Waals surface area contributed by atoms with Gasteiger partial charge in [0.1, 0.15) is 22.5 Å². The van der Waals surface area contributed by atoms with E-state index in [-0.39, 0.29) is 11.9 Å². The van der Waals surface area contributed by atoms with Crippen LogP contribution in [0.15, 0.2) is 5.03 Å². The van der Waals surface area contributed by atoms with Gasteiger partial charge in [-0.3, -0.25) is 4.79 Å². The van der Waals surface area contributed by atoms with Gasteiger partial charge in [-0.1, -0.05) is 31.0 Å². The average Bonchev–Trinajstić information content (AvgIpc) is 2.53. The van der Waals surface area contributed by atoms with Gasteiger partial charge in [0.15, 0.2) is 0 Å². The van der Waals surface area contributed by atoms with E-state index in [1.807, 2.05) is 18.7 Å². The number of nitrogens with zero attached hydrogens (tertiary/aromatic N) is 4. The minimum absolute atomic E-state index is 0.139. The number of amides is 1. The first-order valence-electron chi connectivity index (χ1n) is 8.63. The van der Waals surface area contributed by atoms with Crippen LogP contribution in [0.3, 0.4) is 0 Å². The average molecular weight is 347 g/mol.